The topological polar surface area (TPSA) is 74.3 Å². The summed E-state index contributed by atoms with van der Waals surface area (Å²) in [5.74, 6) is 0.678. The summed E-state index contributed by atoms with van der Waals surface area (Å²) in [5, 5.41) is 5.99. The van der Waals surface area contributed by atoms with Gasteiger partial charge in [-0.25, -0.2) is 4.98 Å². The number of piperidine rings is 1. The summed E-state index contributed by atoms with van der Waals surface area (Å²) in [7, 11) is 0. The smallest absolute Gasteiger partial charge is 0.230 e. The quantitative estimate of drug-likeness (QED) is 0.865. The Bertz CT molecular complexity index is 571. The number of amides is 2. The van der Waals surface area contributed by atoms with E-state index in [0.29, 0.717) is 12.4 Å². The van der Waals surface area contributed by atoms with E-state index in [4.69, 9.17) is 0 Å². The predicted molar refractivity (Wildman–Crippen MR) is 83.3 cm³/mol. The fraction of sp³-hybridized carbons (Fsp3) is 0.562. The van der Waals surface area contributed by atoms with E-state index in [2.05, 4.69) is 15.6 Å². The molecule has 1 aromatic heterocycles. The molecule has 0 saturated carbocycles. The van der Waals surface area contributed by atoms with Crippen LogP contribution in [0.3, 0.4) is 0 Å². The van der Waals surface area contributed by atoms with Crippen molar-refractivity contribution in [3.8, 4) is 0 Å². The van der Waals surface area contributed by atoms with Crippen molar-refractivity contribution in [2.24, 2.45) is 11.8 Å². The SMILES string of the molecule is Cc1cccc(NC(=O)C2CCCN(C(=O)C3CNC3)C2)n1. The van der Waals surface area contributed by atoms with Crippen molar-refractivity contribution >= 4 is 17.6 Å². The standard InChI is InChI=1S/C16H22N4O2/c1-11-4-2-6-14(18-11)19-15(21)12-5-3-7-20(10-12)16(22)13-8-17-9-13/h2,4,6,12-13,17H,3,5,7-10H2,1H3,(H,18,19,21). The molecule has 22 heavy (non-hydrogen) atoms. The molecule has 2 fully saturated rings. The Labute approximate surface area is 130 Å². The Hall–Kier alpha value is -1.95. The van der Waals surface area contributed by atoms with Crippen molar-refractivity contribution < 1.29 is 9.59 Å². The van der Waals surface area contributed by atoms with Crippen molar-refractivity contribution in [2.75, 3.05) is 31.5 Å². The third-order valence-corrected chi connectivity index (χ3v) is 4.37. The average Bonchev–Trinajstić information content (AvgIpc) is 2.45. The monoisotopic (exact) mass is 302 g/mol. The summed E-state index contributed by atoms with van der Waals surface area (Å²) < 4.78 is 0. The fourth-order valence-electron chi connectivity index (χ4n) is 2.95. The van der Waals surface area contributed by atoms with Gasteiger partial charge in [0.25, 0.3) is 0 Å². The number of carbonyl (C=O) groups is 2. The lowest BCUT2D eigenvalue weighted by Crippen LogP contribution is -2.54. The maximum atomic E-state index is 12.4. The van der Waals surface area contributed by atoms with Crippen molar-refractivity contribution in [3.05, 3.63) is 23.9 Å². The number of pyridine rings is 1. The number of likely N-dealkylation sites (tertiary alicyclic amines) is 1. The molecule has 1 unspecified atom stereocenters. The van der Waals surface area contributed by atoms with Gasteiger partial charge in [0.15, 0.2) is 0 Å². The molecule has 6 nitrogen and oxygen atoms in total. The highest BCUT2D eigenvalue weighted by Gasteiger charge is 2.34. The van der Waals surface area contributed by atoms with Crippen LogP contribution < -0.4 is 10.6 Å². The van der Waals surface area contributed by atoms with E-state index in [1.807, 2.05) is 24.0 Å². The number of carbonyl (C=O) groups excluding carboxylic acids is 2. The van der Waals surface area contributed by atoms with E-state index in [1.165, 1.54) is 0 Å². The van der Waals surface area contributed by atoms with Crippen molar-refractivity contribution in [1.29, 1.82) is 0 Å². The van der Waals surface area contributed by atoms with Gasteiger partial charge in [0.05, 0.1) is 11.8 Å². The number of aryl methyl sites for hydroxylation is 1. The minimum atomic E-state index is -0.145. The third-order valence-electron chi connectivity index (χ3n) is 4.37. The van der Waals surface area contributed by atoms with Gasteiger partial charge in [-0.15, -0.1) is 0 Å². The minimum absolute atomic E-state index is 0.0395. The highest BCUT2D eigenvalue weighted by atomic mass is 16.2. The molecule has 1 atom stereocenters. The molecule has 2 saturated heterocycles. The van der Waals surface area contributed by atoms with Crippen LogP contribution in [0.4, 0.5) is 5.82 Å². The summed E-state index contributed by atoms with van der Waals surface area (Å²) in [6.45, 7) is 4.71. The van der Waals surface area contributed by atoms with Crippen molar-refractivity contribution in [2.45, 2.75) is 19.8 Å². The van der Waals surface area contributed by atoms with Gasteiger partial charge in [-0.05, 0) is 31.9 Å². The van der Waals surface area contributed by atoms with Crippen LogP contribution in [0.25, 0.3) is 0 Å². The van der Waals surface area contributed by atoms with Gasteiger partial charge in [-0.1, -0.05) is 6.07 Å². The largest absolute Gasteiger partial charge is 0.342 e. The number of anilines is 1. The summed E-state index contributed by atoms with van der Waals surface area (Å²) in [6, 6.07) is 5.55. The molecule has 2 aliphatic rings. The fourth-order valence-corrected chi connectivity index (χ4v) is 2.95. The molecule has 3 heterocycles. The molecule has 1 aromatic rings. The summed E-state index contributed by atoms with van der Waals surface area (Å²) >= 11 is 0. The van der Waals surface area contributed by atoms with Crippen molar-refractivity contribution in [3.63, 3.8) is 0 Å². The predicted octanol–water partition coefficient (Wildman–Crippen LogP) is 0.787. The number of hydrogen-bond acceptors (Lipinski definition) is 4. The van der Waals surface area contributed by atoms with Crippen LogP contribution >= 0.6 is 0 Å². The highest BCUT2D eigenvalue weighted by Crippen LogP contribution is 2.21. The first-order chi connectivity index (χ1) is 10.6. The summed E-state index contributed by atoms with van der Waals surface area (Å²) in [4.78, 5) is 30.8. The maximum Gasteiger partial charge on any atom is 0.230 e. The van der Waals surface area contributed by atoms with Crippen LogP contribution in [0.2, 0.25) is 0 Å². The first-order valence-electron chi connectivity index (χ1n) is 7.87. The number of aromatic nitrogens is 1. The number of nitrogens with zero attached hydrogens (tertiary/aromatic N) is 2. The minimum Gasteiger partial charge on any atom is -0.342 e. The molecule has 6 heteroatoms. The van der Waals surface area contributed by atoms with Gasteiger partial charge in [-0.3, -0.25) is 9.59 Å². The second kappa shape index (κ2) is 6.44. The second-order valence-electron chi connectivity index (χ2n) is 6.13. The van der Waals surface area contributed by atoms with Gasteiger partial charge in [-0.2, -0.15) is 0 Å². The van der Waals surface area contributed by atoms with Crippen LogP contribution in [-0.4, -0.2) is 47.9 Å². The van der Waals surface area contributed by atoms with Gasteiger partial charge in [0, 0.05) is 31.9 Å². The van der Waals surface area contributed by atoms with Crippen LogP contribution in [0, 0.1) is 18.8 Å². The van der Waals surface area contributed by atoms with E-state index < -0.39 is 0 Å². The molecular formula is C16H22N4O2. The Morgan fingerprint density at radius 3 is 2.82 bits per heavy atom. The normalized spacial score (nSPS) is 22.0. The van der Waals surface area contributed by atoms with Gasteiger partial charge < -0.3 is 15.5 Å². The lowest BCUT2D eigenvalue weighted by molar-refractivity contribution is -0.140. The lowest BCUT2D eigenvalue weighted by Gasteiger charge is -2.37. The first kappa shape index (κ1) is 15.0. The zero-order valence-corrected chi connectivity index (χ0v) is 12.8. The molecule has 0 radical (unpaired) electrons. The van der Waals surface area contributed by atoms with Gasteiger partial charge >= 0.3 is 0 Å². The molecule has 118 valence electrons. The molecule has 0 aliphatic carbocycles. The van der Waals surface area contributed by atoms with Gasteiger partial charge in [0.1, 0.15) is 5.82 Å². The first-order valence-corrected chi connectivity index (χ1v) is 7.87. The average molecular weight is 302 g/mol. The Morgan fingerprint density at radius 1 is 1.32 bits per heavy atom. The molecule has 0 bridgehead atoms. The van der Waals surface area contributed by atoms with Crippen LogP contribution in [0.1, 0.15) is 18.5 Å². The molecule has 2 amide bonds. The maximum absolute atomic E-state index is 12.4. The van der Waals surface area contributed by atoms with E-state index in [-0.39, 0.29) is 23.7 Å². The highest BCUT2D eigenvalue weighted by molar-refractivity contribution is 5.92. The number of rotatable bonds is 3. The van der Waals surface area contributed by atoms with E-state index in [1.54, 1.807) is 6.07 Å². The Balaban J connectivity index is 1.59. The van der Waals surface area contributed by atoms with Crippen molar-refractivity contribution in [1.82, 2.24) is 15.2 Å². The molecule has 0 spiro atoms. The number of hydrogen-bond donors (Lipinski definition) is 2. The molecule has 3 rings (SSSR count). The Morgan fingerprint density at radius 2 is 2.14 bits per heavy atom. The van der Waals surface area contributed by atoms with E-state index >= 15 is 0 Å². The number of nitrogens with one attached hydrogen (secondary N) is 2. The lowest BCUT2D eigenvalue weighted by atomic mass is 9.94. The van der Waals surface area contributed by atoms with Crippen LogP contribution in [0.15, 0.2) is 18.2 Å². The molecular weight excluding hydrogens is 280 g/mol. The van der Waals surface area contributed by atoms with Crippen LogP contribution in [0.5, 0.6) is 0 Å². The zero-order valence-electron chi connectivity index (χ0n) is 12.8. The summed E-state index contributed by atoms with van der Waals surface area (Å²) in [6.07, 6.45) is 1.70. The van der Waals surface area contributed by atoms with E-state index in [9.17, 15) is 9.59 Å². The summed E-state index contributed by atoms with van der Waals surface area (Å²) in [5.41, 5.74) is 0.871. The van der Waals surface area contributed by atoms with Crippen LogP contribution in [-0.2, 0) is 9.59 Å². The second-order valence-corrected chi connectivity index (χ2v) is 6.13. The molecule has 2 aliphatic heterocycles. The van der Waals surface area contributed by atoms with E-state index in [0.717, 1.165) is 38.2 Å². The molecule has 2 N–H and O–H groups in total. The zero-order chi connectivity index (χ0) is 15.5. The third kappa shape index (κ3) is 3.27. The Kier molecular flexibility index (Phi) is 4.38. The van der Waals surface area contributed by atoms with Gasteiger partial charge in [0.2, 0.25) is 11.8 Å². The molecule has 0 aromatic carbocycles.